The molecule has 0 saturated carbocycles. The van der Waals surface area contributed by atoms with E-state index in [1.165, 1.54) is 0 Å². The minimum Gasteiger partial charge on any atom is -0.489 e. The number of guanidine groups is 1. The summed E-state index contributed by atoms with van der Waals surface area (Å²) in [5.41, 5.74) is 1.03. The molecule has 0 heterocycles. The van der Waals surface area contributed by atoms with Crippen LogP contribution in [0.15, 0.2) is 41.9 Å². The number of carbonyl (C=O) groups is 1. The minimum absolute atomic E-state index is 0. The van der Waals surface area contributed by atoms with Crippen molar-refractivity contribution in [3.63, 3.8) is 0 Å². The number of nitrogens with zero attached hydrogens (tertiary/aromatic N) is 1. The van der Waals surface area contributed by atoms with Crippen LogP contribution in [0, 0.1) is 0 Å². The van der Waals surface area contributed by atoms with Crippen LogP contribution in [0.4, 0.5) is 0 Å². The third-order valence-electron chi connectivity index (χ3n) is 3.09. The van der Waals surface area contributed by atoms with E-state index in [2.05, 4.69) is 27.5 Å². The molecule has 0 spiro atoms. The molecule has 0 aliphatic carbocycles. The first-order chi connectivity index (χ1) is 11.6. The van der Waals surface area contributed by atoms with Gasteiger partial charge in [0.1, 0.15) is 12.4 Å². The maximum Gasteiger partial charge on any atom is 0.221 e. The van der Waals surface area contributed by atoms with Crippen molar-refractivity contribution in [2.75, 3.05) is 20.2 Å². The molecule has 1 aromatic rings. The number of ether oxygens (including phenoxy) is 1. The molecule has 140 valence electrons. The number of hydrogen-bond donors (Lipinski definition) is 3. The maximum atomic E-state index is 11.6. The van der Waals surface area contributed by atoms with Gasteiger partial charge in [-0.2, -0.15) is 0 Å². The van der Waals surface area contributed by atoms with Crippen LogP contribution in [0.5, 0.6) is 5.75 Å². The van der Waals surface area contributed by atoms with Gasteiger partial charge in [-0.25, -0.2) is 0 Å². The predicted molar refractivity (Wildman–Crippen MR) is 114 cm³/mol. The van der Waals surface area contributed by atoms with Gasteiger partial charge < -0.3 is 20.7 Å². The van der Waals surface area contributed by atoms with Crippen LogP contribution in [-0.2, 0) is 11.3 Å². The fourth-order valence-corrected chi connectivity index (χ4v) is 2.03. The molecule has 0 aliphatic heterocycles. The number of para-hydroxylation sites is 1. The van der Waals surface area contributed by atoms with Gasteiger partial charge >= 0.3 is 0 Å². The van der Waals surface area contributed by atoms with E-state index in [0.717, 1.165) is 11.3 Å². The van der Waals surface area contributed by atoms with Crippen molar-refractivity contribution < 1.29 is 9.53 Å². The van der Waals surface area contributed by atoms with Crippen LogP contribution in [0.1, 0.15) is 25.8 Å². The predicted octanol–water partition coefficient (Wildman–Crippen LogP) is 2.45. The number of amides is 1. The van der Waals surface area contributed by atoms with E-state index in [1.54, 1.807) is 13.1 Å². The highest BCUT2D eigenvalue weighted by molar-refractivity contribution is 14.0. The molecule has 0 bridgehead atoms. The number of halogens is 1. The normalized spacial score (nSPS) is 10.6. The van der Waals surface area contributed by atoms with Gasteiger partial charge in [0.05, 0.1) is 0 Å². The van der Waals surface area contributed by atoms with E-state index in [1.807, 2.05) is 38.1 Å². The zero-order valence-electron chi connectivity index (χ0n) is 15.2. The fourth-order valence-electron chi connectivity index (χ4n) is 2.03. The highest BCUT2D eigenvalue weighted by atomic mass is 127. The third-order valence-corrected chi connectivity index (χ3v) is 3.09. The fraction of sp³-hybridized carbons (Fsp3) is 0.444. The van der Waals surface area contributed by atoms with E-state index >= 15 is 0 Å². The second kappa shape index (κ2) is 13.5. The molecule has 25 heavy (non-hydrogen) atoms. The molecule has 0 saturated heterocycles. The van der Waals surface area contributed by atoms with Crippen LogP contribution in [0.2, 0.25) is 0 Å². The lowest BCUT2D eigenvalue weighted by Gasteiger charge is -2.14. The standard InChI is InChI=1S/C18H28N4O2.HI/c1-5-12-24-16-9-7-6-8-15(16)13-21-18(19-4)20-11-10-17(23)22-14(2)3;/h5-9,14H,1,10-13H2,2-4H3,(H,22,23)(H2,19,20,21);1H. The molecule has 0 aromatic heterocycles. The smallest absolute Gasteiger partial charge is 0.221 e. The van der Waals surface area contributed by atoms with E-state index < -0.39 is 0 Å². The molecule has 1 aromatic carbocycles. The average molecular weight is 460 g/mol. The zero-order chi connectivity index (χ0) is 17.8. The second-order valence-corrected chi connectivity index (χ2v) is 5.53. The van der Waals surface area contributed by atoms with Gasteiger partial charge in [-0.3, -0.25) is 9.79 Å². The molecule has 3 N–H and O–H groups in total. The lowest BCUT2D eigenvalue weighted by Crippen LogP contribution is -2.39. The van der Waals surface area contributed by atoms with Gasteiger partial charge in [0.2, 0.25) is 5.91 Å². The first-order valence-electron chi connectivity index (χ1n) is 8.12. The Balaban J connectivity index is 0.00000576. The van der Waals surface area contributed by atoms with Crippen molar-refractivity contribution in [2.24, 2.45) is 4.99 Å². The molecule has 0 aliphatic rings. The molecule has 0 radical (unpaired) electrons. The van der Waals surface area contributed by atoms with Gasteiger partial charge in [-0.1, -0.05) is 30.9 Å². The molecule has 0 fully saturated rings. The van der Waals surface area contributed by atoms with Gasteiger partial charge in [0.25, 0.3) is 0 Å². The summed E-state index contributed by atoms with van der Waals surface area (Å²) in [4.78, 5) is 15.8. The molecule has 7 heteroatoms. The third kappa shape index (κ3) is 9.96. The van der Waals surface area contributed by atoms with E-state index in [9.17, 15) is 4.79 Å². The summed E-state index contributed by atoms with van der Waals surface area (Å²) in [6.07, 6.45) is 2.12. The molecule has 0 unspecified atom stereocenters. The summed E-state index contributed by atoms with van der Waals surface area (Å²) >= 11 is 0. The summed E-state index contributed by atoms with van der Waals surface area (Å²) in [5.74, 6) is 1.48. The van der Waals surface area contributed by atoms with Crippen molar-refractivity contribution in [1.82, 2.24) is 16.0 Å². The van der Waals surface area contributed by atoms with Gasteiger partial charge in [-0.05, 0) is 19.9 Å². The van der Waals surface area contributed by atoms with E-state index in [0.29, 0.717) is 32.1 Å². The van der Waals surface area contributed by atoms with Gasteiger partial charge in [0, 0.05) is 38.2 Å². The van der Waals surface area contributed by atoms with Crippen molar-refractivity contribution in [3.8, 4) is 5.75 Å². The van der Waals surface area contributed by atoms with Gasteiger partial charge in [-0.15, -0.1) is 24.0 Å². The highest BCUT2D eigenvalue weighted by Crippen LogP contribution is 2.17. The van der Waals surface area contributed by atoms with Gasteiger partial charge in [0.15, 0.2) is 5.96 Å². The first kappa shape index (κ1) is 23.2. The molecule has 6 nitrogen and oxygen atoms in total. The molecule has 1 amide bonds. The largest absolute Gasteiger partial charge is 0.489 e. The number of rotatable bonds is 9. The Hall–Kier alpha value is -1.77. The van der Waals surface area contributed by atoms with Crippen molar-refractivity contribution in [2.45, 2.75) is 32.9 Å². The summed E-state index contributed by atoms with van der Waals surface area (Å²) in [6, 6.07) is 7.97. The van der Waals surface area contributed by atoms with Crippen molar-refractivity contribution in [3.05, 3.63) is 42.5 Å². The zero-order valence-corrected chi connectivity index (χ0v) is 17.5. The van der Waals surface area contributed by atoms with E-state index in [-0.39, 0.29) is 35.9 Å². The Labute approximate surface area is 167 Å². The van der Waals surface area contributed by atoms with Crippen LogP contribution in [0.25, 0.3) is 0 Å². The number of nitrogens with one attached hydrogen (secondary N) is 3. The summed E-state index contributed by atoms with van der Waals surface area (Å²) < 4.78 is 5.63. The Morgan fingerprint density at radius 3 is 2.68 bits per heavy atom. The molecular formula is C18H29IN4O2. The summed E-state index contributed by atoms with van der Waals surface area (Å²) in [6.45, 7) is 9.10. The lowest BCUT2D eigenvalue weighted by atomic mass is 10.2. The minimum atomic E-state index is 0. The first-order valence-corrected chi connectivity index (χ1v) is 8.12. The SMILES string of the molecule is C=CCOc1ccccc1CNC(=NC)NCCC(=O)NC(C)C.I. The number of benzene rings is 1. The Morgan fingerprint density at radius 1 is 1.32 bits per heavy atom. The van der Waals surface area contributed by atoms with Crippen LogP contribution in [-0.4, -0.2) is 38.1 Å². The monoisotopic (exact) mass is 460 g/mol. The van der Waals surface area contributed by atoms with Crippen LogP contribution in [0.3, 0.4) is 0 Å². The number of hydrogen-bond acceptors (Lipinski definition) is 3. The average Bonchev–Trinajstić information content (AvgIpc) is 2.56. The van der Waals surface area contributed by atoms with Crippen molar-refractivity contribution >= 4 is 35.8 Å². The quantitative estimate of drug-likeness (QED) is 0.229. The molecule has 1 rings (SSSR count). The maximum absolute atomic E-state index is 11.6. The van der Waals surface area contributed by atoms with Crippen LogP contribution < -0.4 is 20.7 Å². The van der Waals surface area contributed by atoms with Crippen LogP contribution >= 0.6 is 24.0 Å². The number of aliphatic imine (C=N–C) groups is 1. The Kier molecular flexibility index (Phi) is 12.6. The Morgan fingerprint density at radius 2 is 2.04 bits per heavy atom. The summed E-state index contributed by atoms with van der Waals surface area (Å²) in [7, 11) is 1.70. The topological polar surface area (TPSA) is 74.8 Å². The molecular weight excluding hydrogens is 431 g/mol. The Bertz CT molecular complexity index is 562. The molecule has 0 atom stereocenters. The number of carbonyl (C=O) groups excluding carboxylic acids is 1. The second-order valence-electron chi connectivity index (χ2n) is 5.53. The lowest BCUT2D eigenvalue weighted by molar-refractivity contribution is -0.121. The highest BCUT2D eigenvalue weighted by Gasteiger charge is 2.06. The van der Waals surface area contributed by atoms with E-state index in [4.69, 9.17) is 4.74 Å². The summed E-state index contributed by atoms with van der Waals surface area (Å²) in [5, 5.41) is 9.20. The van der Waals surface area contributed by atoms with Crippen molar-refractivity contribution in [1.29, 1.82) is 0 Å².